The van der Waals surface area contributed by atoms with Crippen molar-refractivity contribution in [3.63, 3.8) is 0 Å². The van der Waals surface area contributed by atoms with Crippen molar-refractivity contribution in [1.29, 1.82) is 0 Å². The summed E-state index contributed by atoms with van der Waals surface area (Å²) in [6, 6.07) is 11.4. The Labute approximate surface area is 144 Å². The van der Waals surface area contributed by atoms with Crippen molar-refractivity contribution >= 4 is 34.5 Å². The van der Waals surface area contributed by atoms with E-state index in [4.69, 9.17) is 39.3 Å². The van der Waals surface area contributed by atoms with Gasteiger partial charge in [0.25, 0.3) is 0 Å². The fourth-order valence-corrected chi connectivity index (χ4v) is 2.90. The molecule has 0 fully saturated rings. The molecular weight excluding hydrogens is 330 g/mol. The maximum atomic E-state index is 6.15. The SMILES string of the molecule is COc1ccccc1-c1nc2ccc(Cl)cn2c1C(C)C(N)=S. The molecule has 0 bridgehead atoms. The highest BCUT2D eigenvalue weighted by Crippen LogP contribution is 2.36. The van der Waals surface area contributed by atoms with Crippen molar-refractivity contribution in [3.8, 4) is 17.0 Å². The van der Waals surface area contributed by atoms with Crippen LogP contribution in [0.15, 0.2) is 42.6 Å². The molecule has 1 aromatic carbocycles. The van der Waals surface area contributed by atoms with E-state index in [9.17, 15) is 0 Å². The van der Waals surface area contributed by atoms with Crippen LogP contribution in [-0.2, 0) is 0 Å². The molecule has 0 saturated heterocycles. The van der Waals surface area contributed by atoms with Crippen LogP contribution in [0.5, 0.6) is 5.75 Å². The van der Waals surface area contributed by atoms with E-state index in [2.05, 4.69) is 0 Å². The molecule has 0 saturated carbocycles. The number of rotatable bonds is 4. The third kappa shape index (κ3) is 2.78. The lowest BCUT2D eigenvalue weighted by Crippen LogP contribution is -2.18. The normalized spacial score (nSPS) is 12.3. The topological polar surface area (TPSA) is 52.5 Å². The highest BCUT2D eigenvalue weighted by atomic mass is 35.5. The smallest absolute Gasteiger partial charge is 0.137 e. The van der Waals surface area contributed by atoms with Crippen LogP contribution in [0.25, 0.3) is 16.9 Å². The van der Waals surface area contributed by atoms with Crippen LogP contribution in [0.4, 0.5) is 0 Å². The van der Waals surface area contributed by atoms with Crippen LogP contribution >= 0.6 is 23.8 Å². The number of nitrogens with zero attached hydrogens (tertiary/aromatic N) is 2. The Kier molecular flexibility index (Phi) is 4.24. The first kappa shape index (κ1) is 15.8. The second-order valence-electron chi connectivity index (χ2n) is 5.25. The van der Waals surface area contributed by atoms with E-state index in [-0.39, 0.29) is 5.92 Å². The molecule has 2 heterocycles. The van der Waals surface area contributed by atoms with Crippen LogP contribution in [0.2, 0.25) is 5.02 Å². The zero-order chi connectivity index (χ0) is 16.6. The minimum absolute atomic E-state index is 0.154. The first-order valence-electron chi connectivity index (χ1n) is 7.13. The molecule has 2 N–H and O–H groups in total. The van der Waals surface area contributed by atoms with Gasteiger partial charge in [0.15, 0.2) is 0 Å². The second-order valence-corrected chi connectivity index (χ2v) is 6.15. The highest BCUT2D eigenvalue weighted by Gasteiger charge is 2.23. The monoisotopic (exact) mass is 345 g/mol. The second kappa shape index (κ2) is 6.18. The van der Waals surface area contributed by atoms with E-state index in [1.807, 2.05) is 53.9 Å². The van der Waals surface area contributed by atoms with Gasteiger partial charge in [0.05, 0.1) is 28.5 Å². The Balaban J connectivity index is 2.36. The average Bonchev–Trinajstić information content (AvgIpc) is 2.92. The molecule has 3 aromatic rings. The standard InChI is InChI=1S/C17H16ClN3OS/c1-10(17(19)23)16-15(12-5-3-4-6-13(12)22-2)20-14-8-7-11(18)9-21(14)16/h3-10H,1-2H3,(H2,19,23). The fraction of sp³-hybridized carbons (Fsp3) is 0.176. The number of imidazole rings is 1. The van der Waals surface area contributed by atoms with Crippen molar-refractivity contribution in [2.24, 2.45) is 5.73 Å². The van der Waals surface area contributed by atoms with E-state index >= 15 is 0 Å². The number of ether oxygens (including phenoxy) is 1. The van der Waals surface area contributed by atoms with Gasteiger partial charge in [-0.2, -0.15) is 0 Å². The minimum Gasteiger partial charge on any atom is -0.496 e. The summed E-state index contributed by atoms with van der Waals surface area (Å²) in [7, 11) is 1.64. The number of fused-ring (bicyclic) bond motifs is 1. The zero-order valence-electron chi connectivity index (χ0n) is 12.8. The summed E-state index contributed by atoms with van der Waals surface area (Å²) in [5.41, 5.74) is 9.28. The number of aromatic nitrogens is 2. The van der Waals surface area contributed by atoms with Gasteiger partial charge in [-0.05, 0) is 24.3 Å². The van der Waals surface area contributed by atoms with Gasteiger partial charge in [0, 0.05) is 17.7 Å². The van der Waals surface area contributed by atoms with Gasteiger partial charge in [0.2, 0.25) is 0 Å². The number of methoxy groups -OCH3 is 1. The Morgan fingerprint density at radius 1 is 1.30 bits per heavy atom. The summed E-state index contributed by atoms with van der Waals surface area (Å²) < 4.78 is 7.41. The quantitative estimate of drug-likeness (QED) is 0.725. The molecular formula is C17H16ClN3OS. The Morgan fingerprint density at radius 2 is 2.04 bits per heavy atom. The lowest BCUT2D eigenvalue weighted by atomic mass is 10.0. The number of halogens is 1. The van der Waals surface area contributed by atoms with Gasteiger partial charge in [0.1, 0.15) is 11.4 Å². The number of benzene rings is 1. The maximum Gasteiger partial charge on any atom is 0.137 e. The van der Waals surface area contributed by atoms with Crippen LogP contribution in [0.1, 0.15) is 18.5 Å². The highest BCUT2D eigenvalue weighted by molar-refractivity contribution is 7.80. The third-order valence-corrected chi connectivity index (χ3v) is 4.40. The molecule has 0 aliphatic rings. The first-order chi connectivity index (χ1) is 11.0. The van der Waals surface area contributed by atoms with E-state index in [0.717, 1.165) is 28.3 Å². The molecule has 23 heavy (non-hydrogen) atoms. The average molecular weight is 346 g/mol. The number of para-hydroxylation sites is 1. The molecule has 0 aliphatic heterocycles. The zero-order valence-corrected chi connectivity index (χ0v) is 14.4. The first-order valence-corrected chi connectivity index (χ1v) is 7.91. The molecule has 0 aliphatic carbocycles. The van der Waals surface area contributed by atoms with Crippen LogP contribution in [-0.4, -0.2) is 21.5 Å². The predicted octanol–water partition coefficient (Wildman–Crippen LogP) is 4.05. The van der Waals surface area contributed by atoms with Crippen molar-refractivity contribution in [2.45, 2.75) is 12.8 Å². The van der Waals surface area contributed by atoms with Crippen LogP contribution in [0, 0.1) is 0 Å². The van der Waals surface area contributed by atoms with Gasteiger partial charge >= 0.3 is 0 Å². The lowest BCUT2D eigenvalue weighted by molar-refractivity contribution is 0.416. The molecule has 1 atom stereocenters. The Bertz CT molecular complexity index is 891. The van der Waals surface area contributed by atoms with E-state index < -0.39 is 0 Å². The van der Waals surface area contributed by atoms with Crippen LogP contribution in [0.3, 0.4) is 0 Å². The largest absolute Gasteiger partial charge is 0.496 e. The number of hydrogen-bond donors (Lipinski definition) is 1. The molecule has 0 spiro atoms. The van der Waals surface area contributed by atoms with Crippen molar-refractivity contribution < 1.29 is 4.74 Å². The van der Waals surface area contributed by atoms with Gasteiger partial charge < -0.3 is 14.9 Å². The van der Waals surface area contributed by atoms with E-state index in [0.29, 0.717) is 10.0 Å². The Hall–Kier alpha value is -2.11. The van der Waals surface area contributed by atoms with Crippen LogP contribution < -0.4 is 10.5 Å². The summed E-state index contributed by atoms with van der Waals surface area (Å²) in [6.45, 7) is 1.96. The van der Waals surface area contributed by atoms with Crippen molar-refractivity contribution in [1.82, 2.24) is 9.38 Å². The molecule has 0 radical (unpaired) electrons. The summed E-state index contributed by atoms with van der Waals surface area (Å²) in [4.78, 5) is 5.15. The predicted molar refractivity (Wildman–Crippen MR) is 97.4 cm³/mol. The summed E-state index contributed by atoms with van der Waals surface area (Å²) in [6.07, 6.45) is 1.83. The van der Waals surface area contributed by atoms with Gasteiger partial charge in [-0.25, -0.2) is 4.98 Å². The molecule has 2 aromatic heterocycles. The fourth-order valence-electron chi connectivity index (χ4n) is 2.62. The minimum atomic E-state index is -0.154. The molecule has 118 valence electrons. The number of nitrogens with two attached hydrogens (primary N) is 1. The molecule has 1 unspecified atom stereocenters. The van der Waals surface area contributed by atoms with Gasteiger partial charge in [-0.15, -0.1) is 0 Å². The Morgan fingerprint density at radius 3 is 2.74 bits per heavy atom. The molecule has 3 rings (SSSR count). The lowest BCUT2D eigenvalue weighted by Gasteiger charge is -2.14. The molecule has 6 heteroatoms. The van der Waals surface area contributed by atoms with Crippen molar-refractivity contribution in [3.05, 3.63) is 53.3 Å². The van der Waals surface area contributed by atoms with E-state index in [1.165, 1.54) is 0 Å². The van der Waals surface area contributed by atoms with Crippen molar-refractivity contribution in [2.75, 3.05) is 7.11 Å². The summed E-state index contributed by atoms with van der Waals surface area (Å²) in [5, 5.41) is 0.623. The molecule has 0 amide bonds. The number of pyridine rings is 1. The summed E-state index contributed by atoms with van der Waals surface area (Å²) in [5.74, 6) is 0.594. The van der Waals surface area contributed by atoms with Gasteiger partial charge in [-0.1, -0.05) is 42.9 Å². The molecule has 4 nitrogen and oxygen atoms in total. The summed E-state index contributed by atoms with van der Waals surface area (Å²) >= 11 is 11.4. The van der Waals surface area contributed by atoms with Gasteiger partial charge in [-0.3, -0.25) is 0 Å². The number of thiocarbonyl (C=S) groups is 1. The third-order valence-electron chi connectivity index (χ3n) is 3.82. The van der Waals surface area contributed by atoms with E-state index in [1.54, 1.807) is 7.11 Å². The maximum absolute atomic E-state index is 6.15. The number of hydrogen-bond acceptors (Lipinski definition) is 3.